The van der Waals surface area contributed by atoms with E-state index in [0.717, 1.165) is 17.4 Å². The predicted molar refractivity (Wildman–Crippen MR) is 119 cm³/mol. The highest BCUT2D eigenvalue weighted by atomic mass is 32.2. The van der Waals surface area contributed by atoms with Gasteiger partial charge < -0.3 is 9.47 Å². The van der Waals surface area contributed by atoms with Gasteiger partial charge in [0.25, 0.3) is 0 Å². The van der Waals surface area contributed by atoms with Gasteiger partial charge in [0, 0.05) is 30.4 Å². The van der Waals surface area contributed by atoms with Gasteiger partial charge in [-0.25, -0.2) is 0 Å². The van der Waals surface area contributed by atoms with Crippen molar-refractivity contribution in [3.63, 3.8) is 0 Å². The molecule has 5 nitrogen and oxygen atoms in total. The van der Waals surface area contributed by atoms with Crippen LogP contribution in [0.25, 0.3) is 0 Å². The van der Waals surface area contributed by atoms with Crippen LogP contribution in [-0.4, -0.2) is 43.4 Å². The lowest BCUT2D eigenvalue weighted by atomic mass is 9.88. The third-order valence-corrected chi connectivity index (χ3v) is 8.27. The maximum atomic E-state index is 13.3. The average Bonchev–Trinajstić information content (AvgIpc) is 3.39. The summed E-state index contributed by atoms with van der Waals surface area (Å²) in [5.74, 6) is 1.73. The summed E-state index contributed by atoms with van der Waals surface area (Å²) in [7, 11) is 2.01. The van der Waals surface area contributed by atoms with E-state index in [1.807, 2.05) is 11.6 Å². The molecule has 0 aromatic carbocycles. The SMILES string of the molecule is Cn1c(Cc2cccs2)nnc1SCC(=O)N(C1CCCCC1)C1CCCCC1. The Labute approximate surface area is 182 Å². The quantitative estimate of drug-likeness (QED) is 0.574. The topological polar surface area (TPSA) is 51.0 Å². The second-order valence-corrected chi connectivity index (χ2v) is 10.4. The monoisotopic (exact) mass is 432 g/mol. The van der Waals surface area contributed by atoms with Crippen molar-refractivity contribution in [2.45, 2.75) is 87.9 Å². The minimum atomic E-state index is 0.302. The number of aromatic nitrogens is 3. The Morgan fingerprint density at radius 3 is 2.34 bits per heavy atom. The Morgan fingerprint density at radius 1 is 1.10 bits per heavy atom. The molecular formula is C22H32N4OS2. The molecule has 1 amide bonds. The zero-order chi connectivity index (χ0) is 20.1. The number of thiophene rings is 1. The fourth-order valence-corrected chi connectivity index (χ4v) is 6.32. The molecule has 2 aromatic rings. The number of hydrogen-bond donors (Lipinski definition) is 0. The molecule has 0 aliphatic heterocycles. The second-order valence-electron chi connectivity index (χ2n) is 8.39. The van der Waals surface area contributed by atoms with E-state index >= 15 is 0 Å². The van der Waals surface area contributed by atoms with Crippen LogP contribution in [0.15, 0.2) is 22.7 Å². The highest BCUT2D eigenvalue weighted by Crippen LogP contribution is 2.31. The minimum Gasteiger partial charge on any atom is -0.336 e. The molecule has 0 N–H and O–H groups in total. The molecule has 0 bridgehead atoms. The van der Waals surface area contributed by atoms with Crippen LogP contribution >= 0.6 is 23.1 Å². The van der Waals surface area contributed by atoms with Crippen LogP contribution in [0.5, 0.6) is 0 Å². The fourth-order valence-electron chi connectivity index (χ4n) is 4.82. The van der Waals surface area contributed by atoms with Crippen molar-refractivity contribution in [1.29, 1.82) is 0 Å². The largest absolute Gasteiger partial charge is 0.336 e. The van der Waals surface area contributed by atoms with E-state index in [1.165, 1.54) is 69.1 Å². The normalized spacial score (nSPS) is 18.8. The summed E-state index contributed by atoms with van der Waals surface area (Å²) in [6.45, 7) is 0. The summed E-state index contributed by atoms with van der Waals surface area (Å²) < 4.78 is 2.04. The van der Waals surface area contributed by atoms with Crippen LogP contribution in [-0.2, 0) is 18.3 Å². The molecule has 2 aliphatic carbocycles. The number of carbonyl (C=O) groups excluding carboxylic acids is 1. The van der Waals surface area contributed by atoms with Crippen LogP contribution < -0.4 is 0 Å². The summed E-state index contributed by atoms with van der Waals surface area (Å²) >= 11 is 3.29. The maximum Gasteiger partial charge on any atom is 0.233 e. The summed E-state index contributed by atoms with van der Waals surface area (Å²) in [6, 6.07) is 5.10. The van der Waals surface area contributed by atoms with Gasteiger partial charge in [0.15, 0.2) is 5.16 Å². The average molecular weight is 433 g/mol. The number of hydrogen-bond acceptors (Lipinski definition) is 5. The van der Waals surface area contributed by atoms with Gasteiger partial charge >= 0.3 is 0 Å². The first kappa shape index (κ1) is 20.9. The lowest BCUT2D eigenvalue weighted by molar-refractivity contribution is -0.135. The van der Waals surface area contributed by atoms with Gasteiger partial charge in [-0.15, -0.1) is 21.5 Å². The van der Waals surface area contributed by atoms with Crippen molar-refractivity contribution in [2.75, 3.05) is 5.75 Å². The Balaban J connectivity index is 1.40. The zero-order valence-corrected chi connectivity index (χ0v) is 19.0. The Hall–Kier alpha value is -1.34. The Bertz CT molecular complexity index is 759. The van der Waals surface area contributed by atoms with Crippen LogP contribution in [0.1, 0.15) is 74.9 Å². The summed E-state index contributed by atoms with van der Waals surface area (Å²) in [4.78, 5) is 16.9. The van der Waals surface area contributed by atoms with Crippen LogP contribution in [0.3, 0.4) is 0 Å². The van der Waals surface area contributed by atoms with Crippen molar-refractivity contribution in [2.24, 2.45) is 7.05 Å². The lowest BCUT2D eigenvalue weighted by Gasteiger charge is -2.41. The standard InChI is InChI=1S/C22H32N4OS2/c1-25-20(15-19-13-8-14-28-19)23-24-22(25)29-16-21(27)26(17-9-4-2-5-10-17)18-11-6-3-7-12-18/h8,13-14,17-18H,2-7,9-12,15-16H2,1H3. The molecule has 0 saturated heterocycles. The van der Waals surface area contributed by atoms with Gasteiger partial charge in [0.05, 0.1) is 5.75 Å². The molecule has 0 spiro atoms. The molecule has 2 heterocycles. The maximum absolute atomic E-state index is 13.3. The van der Waals surface area contributed by atoms with Crippen LogP contribution in [0, 0.1) is 0 Å². The van der Waals surface area contributed by atoms with E-state index in [0.29, 0.717) is 23.7 Å². The molecule has 2 saturated carbocycles. The van der Waals surface area contributed by atoms with Crippen LogP contribution in [0.4, 0.5) is 0 Å². The van der Waals surface area contributed by atoms with Gasteiger partial charge in [-0.05, 0) is 37.1 Å². The molecule has 2 fully saturated rings. The fraction of sp³-hybridized carbons (Fsp3) is 0.682. The van der Waals surface area contributed by atoms with Gasteiger partial charge in [-0.2, -0.15) is 0 Å². The number of rotatable bonds is 7. The van der Waals surface area contributed by atoms with E-state index in [1.54, 1.807) is 23.1 Å². The predicted octanol–water partition coefficient (Wildman–Crippen LogP) is 5.05. The van der Waals surface area contributed by atoms with E-state index < -0.39 is 0 Å². The zero-order valence-electron chi connectivity index (χ0n) is 17.4. The molecular weight excluding hydrogens is 400 g/mol. The van der Waals surface area contributed by atoms with Crippen molar-refractivity contribution >= 4 is 29.0 Å². The summed E-state index contributed by atoms with van der Waals surface area (Å²) in [6.07, 6.45) is 13.2. The van der Waals surface area contributed by atoms with E-state index in [4.69, 9.17) is 0 Å². The summed E-state index contributed by atoms with van der Waals surface area (Å²) in [5.41, 5.74) is 0. The molecule has 7 heteroatoms. The third kappa shape index (κ3) is 5.23. The van der Waals surface area contributed by atoms with Crippen molar-refractivity contribution in [3.05, 3.63) is 28.2 Å². The van der Waals surface area contributed by atoms with Crippen molar-refractivity contribution in [3.8, 4) is 0 Å². The molecule has 0 unspecified atom stereocenters. The molecule has 0 radical (unpaired) electrons. The van der Waals surface area contributed by atoms with Crippen LogP contribution in [0.2, 0.25) is 0 Å². The molecule has 0 atom stereocenters. The van der Waals surface area contributed by atoms with Gasteiger partial charge in [0.1, 0.15) is 5.82 Å². The van der Waals surface area contributed by atoms with E-state index in [-0.39, 0.29) is 0 Å². The highest BCUT2D eigenvalue weighted by Gasteiger charge is 2.32. The first-order valence-corrected chi connectivity index (χ1v) is 12.9. The van der Waals surface area contributed by atoms with E-state index in [9.17, 15) is 4.79 Å². The molecule has 2 aliphatic rings. The first-order valence-electron chi connectivity index (χ1n) is 11.1. The van der Waals surface area contributed by atoms with Gasteiger partial charge in [-0.3, -0.25) is 4.79 Å². The number of thioether (sulfide) groups is 1. The molecule has 158 valence electrons. The van der Waals surface area contributed by atoms with Gasteiger partial charge in [-0.1, -0.05) is 56.4 Å². The molecule has 4 rings (SSSR count). The third-order valence-electron chi connectivity index (χ3n) is 6.39. The smallest absolute Gasteiger partial charge is 0.233 e. The van der Waals surface area contributed by atoms with Crippen molar-refractivity contribution < 1.29 is 4.79 Å². The van der Waals surface area contributed by atoms with E-state index in [2.05, 4.69) is 32.6 Å². The molecule has 2 aromatic heterocycles. The first-order chi connectivity index (χ1) is 14.2. The highest BCUT2D eigenvalue weighted by molar-refractivity contribution is 7.99. The van der Waals surface area contributed by atoms with Crippen molar-refractivity contribution in [1.82, 2.24) is 19.7 Å². The Morgan fingerprint density at radius 2 is 1.76 bits per heavy atom. The lowest BCUT2D eigenvalue weighted by Crippen LogP contribution is -2.49. The van der Waals surface area contributed by atoms with Gasteiger partial charge in [0.2, 0.25) is 5.91 Å². The second kappa shape index (κ2) is 10.1. The minimum absolute atomic E-state index is 0.302. The molecule has 29 heavy (non-hydrogen) atoms. The number of nitrogens with zero attached hydrogens (tertiary/aromatic N) is 4. The number of amides is 1. The number of carbonyl (C=O) groups is 1. The summed E-state index contributed by atoms with van der Waals surface area (Å²) in [5, 5.41) is 11.7. The Kier molecular flexibility index (Phi) is 7.29.